The summed E-state index contributed by atoms with van der Waals surface area (Å²) in [7, 11) is -4.01. The Bertz CT molecular complexity index is 598. The molecule has 1 aromatic rings. The van der Waals surface area contributed by atoms with E-state index in [1.54, 1.807) is 5.32 Å². The molecule has 0 aliphatic heterocycles. The Balaban J connectivity index is 3.16. The van der Waals surface area contributed by atoms with Crippen molar-refractivity contribution in [2.24, 2.45) is 5.84 Å². The average molecular weight is 297 g/mol. The van der Waals surface area contributed by atoms with E-state index in [1.807, 2.05) is 0 Å². The Morgan fingerprint density at radius 3 is 2.37 bits per heavy atom. The highest BCUT2D eigenvalue weighted by molar-refractivity contribution is 7.89. The molecule has 1 aromatic carbocycles. The van der Waals surface area contributed by atoms with Gasteiger partial charge >= 0.3 is 12.1 Å². The number of halogens is 3. The summed E-state index contributed by atoms with van der Waals surface area (Å²) in [5, 5.41) is 1.59. The molecule has 0 bridgehead atoms. The van der Waals surface area contributed by atoms with Crippen LogP contribution in [0, 0.1) is 6.92 Å². The van der Waals surface area contributed by atoms with Crippen molar-refractivity contribution in [1.82, 2.24) is 4.83 Å². The molecule has 0 atom stereocenters. The highest BCUT2D eigenvalue weighted by Gasteiger charge is 2.38. The van der Waals surface area contributed by atoms with Gasteiger partial charge in [0.05, 0.1) is 4.90 Å². The zero-order valence-corrected chi connectivity index (χ0v) is 10.4. The van der Waals surface area contributed by atoms with Crippen molar-refractivity contribution in [3.63, 3.8) is 0 Å². The van der Waals surface area contributed by atoms with Gasteiger partial charge in [-0.05, 0) is 24.6 Å². The zero-order valence-electron chi connectivity index (χ0n) is 9.58. The fraction of sp³-hybridized carbons (Fsp3) is 0.222. The standard InChI is InChI=1S/C9H10F3N3O3S/c1-5-2-3-6(19(17,18)15-13)4-7(5)14-8(16)9(10,11)12/h2-4,15H,13H2,1H3,(H,14,16). The van der Waals surface area contributed by atoms with Gasteiger partial charge in [-0.3, -0.25) is 10.6 Å². The maximum Gasteiger partial charge on any atom is 0.471 e. The van der Waals surface area contributed by atoms with Crippen molar-refractivity contribution >= 4 is 21.6 Å². The van der Waals surface area contributed by atoms with Gasteiger partial charge < -0.3 is 5.32 Å². The third-order valence-corrected chi connectivity index (χ3v) is 3.36. The minimum Gasteiger partial charge on any atom is -0.318 e. The molecule has 0 saturated carbocycles. The van der Waals surface area contributed by atoms with Crippen LogP contribution >= 0.6 is 0 Å². The van der Waals surface area contributed by atoms with Crippen LogP contribution in [0.4, 0.5) is 18.9 Å². The Kier molecular flexibility index (Phi) is 4.18. The van der Waals surface area contributed by atoms with Gasteiger partial charge in [0.2, 0.25) is 0 Å². The molecule has 1 amide bonds. The fourth-order valence-electron chi connectivity index (χ4n) is 1.16. The molecular formula is C9H10F3N3O3S. The maximum absolute atomic E-state index is 12.1. The number of carbonyl (C=O) groups is 1. The van der Waals surface area contributed by atoms with E-state index in [0.717, 1.165) is 12.1 Å². The highest BCUT2D eigenvalue weighted by atomic mass is 32.2. The van der Waals surface area contributed by atoms with Gasteiger partial charge in [0.1, 0.15) is 0 Å². The van der Waals surface area contributed by atoms with Crippen LogP contribution in [-0.2, 0) is 14.8 Å². The smallest absolute Gasteiger partial charge is 0.318 e. The molecule has 0 spiro atoms. The summed E-state index contributed by atoms with van der Waals surface area (Å²) in [5.41, 5.74) is 0.00669. The molecule has 19 heavy (non-hydrogen) atoms. The Hall–Kier alpha value is -1.65. The lowest BCUT2D eigenvalue weighted by molar-refractivity contribution is -0.167. The van der Waals surface area contributed by atoms with Gasteiger partial charge in [0.15, 0.2) is 0 Å². The monoisotopic (exact) mass is 297 g/mol. The molecule has 0 saturated heterocycles. The number of hydrogen-bond donors (Lipinski definition) is 3. The van der Waals surface area contributed by atoms with Crippen LogP contribution < -0.4 is 16.0 Å². The number of hydrazine groups is 1. The van der Waals surface area contributed by atoms with Gasteiger partial charge in [-0.25, -0.2) is 8.42 Å². The largest absolute Gasteiger partial charge is 0.471 e. The second-order valence-electron chi connectivity index (χ2n) is 3.55. The molecule has 6 nitrogen and oxygen atoms in total. The lowest BCUT2D eigenvalue weighted by Gasteiger charge is -2.12. The molecular weight excluding hydrogens is 287 g/mol. The van der Waals surface area contributed by atoms with Crippen LogP contribution in [-0.4, -0.2) is 20.5 Å². The van der Waals surface area contributed by atoms with Crippen molar-refractivity contribution in [1.29, 1.82) is 0 Å². The number of anilines is 1. The molecule has 4 N–H and O–H groups in total. The summed E-state index contributed by atoms with van der Waals surface area (Å²) < 4.78 is 59.1. The SMILES string of the molecule is Cc1ccc(S(=O)(=O)NN)cc1NC(=O)C(F)(F)F. The summed E-state index contributed by atoms with van der Waals surface area (Å²) in [6.45, 7) is 1.41. The minimum absolute atomic E-state index is 0.265. The van der Waals surface area contributed by atoms with E-state index in [-0.39, 0.29) is 16.1 Å². The predicted octanol–water partition coefficient (Wildman–Crippen LogP) is 0.648. The topological polar surface area (TPSA) is 101 Å². The summed E-state index contributed by atoms with van der Waals surface area (Å²) in [5.74, 6) is 2.60. The van der Waals surface area contributed by atoms with E-state index in [0.29, 0.717) is 0 Å². The van der Waals surface area contributed by atoms with Gasteiger partial charge in [-0.1, -0.05) is 6.07 Å². The van der Waals surface area contributed by atoms with Gasteiger partial charge in [0, 0.05) is 5.69 Å². The van der Waals surface area contributed by atoms with Crippen LogP contribution in [0.15, 0.2) is 23.1 Å². The summed E-state index contributed by atoms with van der Waals surface area (Å²) in [6.07, 6.45) is -5.06. The molecule has 1 rings (SSSR count). The van der Waals surface area contributed by atoms with Gasteiger partial charge in [-0.15, -0.1) is 0 Å². The number of benzene rings is 1. The van der Waals surface area contributed by atoms with Crippen LogP contribution in [0.3, 0.4) is 0 Å². The lowest BCUT2D eigenvalue weighted by Crippen LogP contribution is -2.31. The van der Waals surface area contributed by atoms with Crippen LogP contribution in [0.25, 0.3) is 0 Å². The van der Waals surface area contributed by atoms with Crippen LogP contribution in [0.5, 0.6) is 0 Å². The average Bonchev–Trinajstić information content (AvgIpc) is 2.30. The number of hydrogen-bond acceptors (Lipinski definition) is 4. The molecule has 0 aliphatic carbocycles. The zero-order chi connectivity index (χ0) is 14.8. The van der Waals surface area contributed by atoms with Crippen molar-refractivity contribution in [3.05, 3.63) is 23.8 Å². The lowest BCUT2D eigenvalue weighted by atomic mass is 10.2. The molecule has 0 fully saturated rings. The number of alkyl halides is 3. The van der Waals surface area contributed by atoms with E-state index < -0.39 is 22.1 Å². The van der Waals surface area contributed by atoms with Crippen molar-refractivity contribution in [2.45, 2.75) is 18.0 Å². The number of sulfonamides is 1. The second-order valence-corrected chi connectivity index (χ2v) is 5.26. The number of nitrogens with one attached hydrogen (secondary N) is 2. The van der Waals surface area contributed by atoms with Gasteiger partial charge in [-0.2, -0.15) is 18.0 Å². The first-order valence-corrected chi connectivity index (χ1v) is 6.27. The first-order chi connectivity index (χ1) is 8.58. The molecule has 10 heteroatoms. The predicted molar refractivity (Wildman–Crippen MR) is 60.4 cm³/mol. The van der Waals surface area contributed by atoms with Crippen molar-refractivity contribution < 1.29 is 26.4 Å². The molecule has 0 unspecified atom stereocenters. The van der Waals surface area contributed by atoms with Crippen LogP contribution in [0.1, 0.15) is 5.56 Å². The molecule has 0 aromatic heterocycles. The maximum atomic E-state index is 12.1. The fourth-order valence-corrected chi connectivity index (χ4v) is 1.82. The van der Waals surface area contributed by atoms with Crippen molar-refractivity contribution in [2.75, 3.05) is 5.32 Å². The first-order valence-electron chi connectivity index (χ1n) is 4.79. The van der Waals surface area contributed by atoms with E-state index >= 15 is 0 Å². The molecule has 106 valence electrons. The highest BCUT2D eigenvalue weighted by Crippen LogP contribution is 2.23. The van der Waals surface area contributed by atoms with Gasteiger partial charge in [0.25, 0.3) is 10.0 Å². The number of carbonyl (C=O) groups excluding carboxylic acids is 1. The minimum atomic E-state index is -5.06. The van der Waals surface area contributed by atoms with E-state index in [1.165, 1.54) is 17.8 Å². The Morgan fingerprint density at radius 2 is 1.89 bits per heavy atom. The third-order valence-electron chi connectivity index (χ3n) is 2.18. The normalized spacial score (nSPS) is 12.3. The summed E-state index contributed by atoms with van der Waals surface area (Å²) in [6, 6.07) is 3.28. The summed E-state index contributed by atoms with van der Waals surface area (Å²) >= 11 is 0. The second kappa shape index (κ2) is 5.15. The Morgan fingerprint density at radius 1 is 1.32 bits per heavy atom. The quantitative estimate of drug-likeness (QED) is 0.563. The molecule has 0 heterocycles. The Labute approximate surface area is 106 Å². The van der Waals surface area contributed by atoms with Crippen molar-refractivity contribution in [3.8, 4) is 0 Å². The number of rotatable bonds is 3. The number of nitrogens with two attached hydrogens (primary N) is 1. The van der Waals surface area contributed by atoms with E-state index in [4.69, 9.17) is 5.84 Å². The number of aryl methyl sites for hydroxylation is 1. The first kappa shape index (κ1) is 15.4. The third kappa shape index (κ3) is 3.66. The van der Waals surface area contributed by atoms with E-state index in [2.05, 4.69) is 0 Å². The molecule has 0 aliphatic rings. The molecule has 0 radical (unpaired) electrons. The van der Waals surface area contributed by atoms with Crippen LogP contribution in [0.2, 0.25) is 0 Å². The van der Waals surface area contributed by atoms with E-state index in [9.17, 15) is 26.4 Å². The summed E-state index contributed by atoms with van der Waals surface area (Å²) in [4.78, 5) is 12.0. The number of amides is 1.